The Morgan fingerprint density at radius 2 is 1.84 bits per heavy atom. The maximum atomic E-state index is 12.8. The van der Waals surface area contributed by atoms with Crippen LogP contribution in [0.25, 0.3) is 0 Å². The van der Waals surface area contributed by atoms with Crippen LogP contribution in [-0.4, -0.2) is 37.0 Å². The standard InChI is InChI=1S/C14H21NO3S/c1-10-7-11(2)14(12(3)8-10)19(17,18)15-6-4-5-13(15)9-16/h7-8,13,16H,4-6,9H2,1-3H3. The number of hydrogen-bond acceptors (Lipinski definition) is 3. The topological polar surface area (TPSA) is 57.6 Å². The number of benzene rings is 1. The van der Waals surface area contributed by atoms with Gasteiger partial charge in [-0.1, -0.05) is 17.7 Å². The van der Waals surface area contributed by atoms with Crippen LogP contribution in [-0.2, 0) is 10.0 Å². The monoisotopic (exact) mass is 283 g/mol. The van der Waals surface area contributed by atoms with Crippen molar-refractivity contribution in [2.75, 3.05) is 13.2 Å². The summed E-state index contributed by atoms with van der Waals surface area (Å²) in [5.74, 6) is 0. The van der Waals surface area contributed by atoms with E-state index in [4.69, 9.17) is 0 Å². The van der Waals surface area contributed by atoms with Gasteiger partial charge in [-0.05, 0) is 44.7 Å². The predicted molar refractivity (Wildman–Crippen MR) is 74.7 cm³/mol. The molecule has 0 spiro atoms. The molecule has 1 fully saturated rings. The molecule has 1 aromatic carbocycles. The van der Waals surface area contributed by atoms with E-state index < -0.39 is 10.0 Å². The van der Waals surface area contributed by atoms with E-state index in [1.165, 1.54) is 4.31 Å². The second kappa shape index (κ2) is 5.23. The van der Waals surface area contributed by atoms with Gasteiger partial charge in [0.25, 0.3) is 0 Å². The highest BCUT2D eigenvalue weighted by atomic mass is 32.2. The van der Waals surface area contributed by atoms with E-state index in [1.807, 2.05) is 32.9 Å². The van der Waals surface area contributed by atoms with E-state index in [0.29, 0.717) is 11.4 Å². The van der Waals surface area contributed by atoms with Crippen LogP contribution in [0.15, 0.2) is 17.0 Å². The summed E-state index contributed by atoms with van der Waals surface area (Å²) in [7, 11) is -3.50. The van der Waals surface area contributed by atoms with Crippen LogP contribution in [0.1, 0.15) is 29.5 Å². The third-order valence-electron chi connectivity index (χ3n) is 3.71. The number of rotatable bonds is 3. The largest absolute Gasteiger partial charge is 0.395 e. The lowest BCUT2D eigenvalue weighted by atomic mass is 10.1. The molecule has 19 heavy (non-hydrogen) atoms. The van der Waals surface area contributed by atoms with E-state index in [2.05, 4.69) is 0 Å². The molecule has 1 aliphatic heterocycles. The van der Waals surface area contributed by atoms with Gasteiger partial charge in [0.15, 0.2) is 0 Å². The van der Waals surface area contributed by atoms with Crippen LogP contribution < -0.4 is 0 Å². The quantitative estimate of drug-likeness (QED) is 0.919. The fourth-order valence-electron chi connectivity index (χ4n) is 3.00. The van der Waals surface area contributed by atoms with Crippen molar-refractivity contribution in [1.29, 1.82) is 0 Å². The Bertz CT molecular complexity index is 557. The summed E-state index contributed by atoms with van der Waals surface area (Å²) in [6.07, 6.45) is 1.55. The van der Waals surface area contributed by atoms with Crippen molar-refractivity contribution >= 4 is 10.0 Å². The number of aliphatic hydroxyl groups excluding tert-OH is 1. The first kappa shape index (κ1) is 14.5. The summed E-state index contributed by atoms with van der Waals surface area (Å²) in [6.45, 7) is 6.01. The first-order valence-corrected chi connectivity index (χ1v) is 8.02. The Morgan fingerprint density at radius 1 is 1.26 bits per heavy atom. The first-order valence-electron chi connectivity index (χ1n) is 6.58. The molecule has 0 bridgehead atoms. The van der Waals surface area contributed by atoms with Crippen molar-refractivity contribution in [2.45, 2.75) is 44.6 Å². The van der Waals surface area contributed by atoms with Gasteiger partial charge in [-0.3, -0.25) is 0 Å². The molecular weight excluding hydrogens is 262 g/mol. The van der Waals surface area contributed by atoms with Crippen LogP contribution >= 0.6 is 0 Å². The Kier molecular flexibility index (Phi) is 3.99. The fraction of sp³-hybridized carbons (Fsp3) is 0.571. The number of sulfonamides is 1. The van der Waals surface area contributed by atoms with Crippen molar-refractivity contribution in [3.8, 4) is 0 Å². The van der Waals surface area contributed by atoms with Crippen LogP contribution in [0, 0.1) is 20.8 Å². The summed E-state index contributed by atoms with van der Waals surface area (Å²) in [5, 5.41) is 9.32. The zero-order valence-electron chi connectivity index (χ0n) is 11.7. The normalized spacial score (nSPS) is 20.9. The van der Waals surface area contributed by atoms with Gasteiger partial charge in [-0.15, -0.1) is 0 Å². The second-order valence-electron chi connectivity index (χ2n) is 5.32. The SMILES string of the molecule is Cc1cc(C)c(S(=O)(=O)N2CCCC2CO)c(C)c1. The van der Waals surface area contributed by atoms with Crippen LogP contribution in [0.3, 0.4) is 0 Å². The van der Waals surface area contributed by atoms with Crippen molar-refractivity contribution in [3.63, 3.8) is 0 Å². The molecule has 1 saturated heterocycles. The highest BCUT2D eigenvalue weighted by Crippen LogP contribution is 2.30. The Morgan fingerprint density at radius 3 is 2.37 bits per heavy atom. The molecule has 0 amide bonds. The van der Waals surface area contributed by atoms with Crippen LogP contribution in [0.2, 0.25) is 0 Å². The minimum absolute atomic E-state index is 0.108. The maximum absolute atomic E-state index is 12.8. The molecule has 5 heteroatoms. The van der Waals surface area contributed by atoms with Crippen molar-refractivity contribution in [1.82, 2.24) is 4.31 Å². The molecule has 0 radical (unpaired) electrons. The molecule has 106 valence electrons. The van der Waals surface area contributed by atoms with E-state index in [0.717, 1.165) is 29.5 Å². The summed E-state index contributed by atoms with van der Waals surface area (Å²) in [6, 6.07) is 3.51. The molecule has 4 nitrogen and oxygen atoms in total. The molecule has 1 aromatic rings. The minimum Gasteiger partial charge on any atom is -0.395 e. The lowest BCUT2D eigenvalue weighted by molar-refractivity contribution is 0.213. The molecule has 0 aliphatic carbocycles. The van der Waals surface area contributed by atoms with Gasteiger partial charge in [-0.25, -0.2) is 8.42 Å². The van der Waals surface area contributed by atoms with Crippen molar-refractivity contribution in [3.05, 3.63) is 28.8 Å². The lowest BCUT2D eigenvalue weighted by Crippen LogP contribution is -2.38. The minimum atomic E-state index is -3.50. The molecule has 0 saturated carbocycles. The fourth-order valence-corrected chi connectivity index (χ4v) is 5.10. The summed E-state index contributed by atoms with van der Waals surface area (Å²) < 4.78 is 27.0. The lowest BCUT2D eigenvalue weighted by Gasteiger charge is -2.24. The van der Waals surface area contributed by atoms with Crippen molar-refractivity contribution in [2.24, 2.45) is 0 Å². The van der Waals surface area contributed by atoms with E-state index >= 15 is 0 Å². The molecule has 1 N–H and O–H groups in total. The van der Waals surface area contributed by atoms with E-state index in [9.17, 15) is 13.5 Å². The summed E-state index contributed by atoms with van der Waals surface area (Å²) in [4.78, 5) is 0.401. The highest BCUT2D eigenvalue weighted by Gasteiger charge is 2.36. The predicted octanol–water partition coefficient (Wildman–Crippen LogP) is 1.76. The molecule has 1 aliphatic rings. The smallest absolute Gasteiger partial charge is 0.243 e. The zero-order chi connectivity index (χ0) is 14.2. The molecule has 2 rings (SSSR count). The van der Waals surface area contributed by atoms with Gasteiger partial charge in [0.05, 0.1) is 11.5 Å². The van der Waals surface area contributed by atoms with Crippen LogP contribution in [0.4, 0.5) is 0 Å². The molecule has 1 unspecified atom stereocenters. The Hall–Kier alpha value is -0.910. The second-order valence-corrected chi connectivity index (χ2v) is 7.15. The Labute approximate surface area is 115 Å². The third kappa shape index (κ3) is 2.55. The van der Waals surface area contributed by atoms with E-state index in [-0.39, 0.29) is 12.6 Å². The highest BCUT2D eigenvalue weighted by molar-refractivity contribution is 7.89. The van der Waals surface area contributed by atoms with Gasteiger partial charge in [-0.2, -0.15) is 4.31 Å². The average molecular weight is 283 g/mol. The first-order chi connectivity index (χ1) is 8.87. The number of nitrogens with zero attached hydrogens (tertiary/aromatic N) is 1. The molecule has 1 atom stereocenters. The molecule has 0 aromatic heterocycles. The molecule has 1 heterocycles. The number of hydrogen-bond donors (Lipinski definition) is 1. The van der Waals surface area contributed by atoms with E-state index in [1.54, 1.807) is 0 Å². The number of aliphatic hydroxyl groups is 1. The van der Waals surface area contributed by atoms with Gasteiger partial charge in [0, 0.05) is 12.6 Å². The maximum Gasteiger partial charge on any atom is 0.243 e. The van der Waals surface area contributed by atoms with Gasteiger partial charge in [0.1, 0.15) is 0 Å². The average Bonchev–Trinajstić information content (AvgIpc) is 2.75. The van der Waals surface area contributed by atoms with Gasteiger partial charge < -0.3 is 5.11 Å². The Balaban J connectivity index is 2.51. The zero-order valence-corrected chi connectivity index (χ0v) is 12.5. The van der Waals surface area contributed by atoms with Crippen molar-refractivity contribution < 1.29 is 13.5 Å². The summed E-state index contributed by atoms with van der Waals surface area (Å²) >= 11 is 0. The van der Waals surface area contributed by atoms with Crippen LogP contribution in [0.5, 0.6) is 0 Å². The van der Waals surface area contributed by atoms with Gasteiger partial charge in [0.2, 0.25) is 10.0 Å². The summed E-state index contributed by atoms with van der Waals surface area (Å²) in [5.41, 5.74) is 2.62. The number of aryl methyl sites for hydroxylation is 3. The van der Waals surface area contributed by atoms with Gasteiger partial charge >= 0.3 is 0 Å². The third-order valence-corrected chi connectivity index (χ3v) is 5.96. The molecular formula is C14H21NO3S.